The number of aliphatic hydroxyl groups is 1. The van der Waals surface area contributed by atoms with Crippen molar-refractivity contribution in [1.29, 1.82) is 0 Å². The zero-order chi connectivity index (χ0) is 36.6. The number of aliphatic hydroxyl groups excluding tert-OH is 1. The summed E-state index contributed by atoms with van der Waals surface area (Å²) in [5, 5.41) is 13.6. The molecule has 0 saturated carbocycles. The summed E-state index contributed by atoms with van der Waals surface area (Å²) in [6.45, 7) is 4.40. The molecule has 0 saturated heterocycles. The second kappa shape index (κ2) is 30.9. The van der Waals surface area contributed by atoms with Gasteiger partial charge in [0.05, 0.1) is 39.9 Å². The van der Waals surface area contributed by atoms with Crippen LogP contribution in [0.1, 0.15) is 136 Å². The Morgan fingerprint density at radius 2 is 1.33 bits per heavy atom. The number of allylic oxidation sites excluding steroid dienone is 7. The Labute approximate surface area is 299 Å². The van der Waals surface area contributed by atoms with Crippen molar-refractivity contribution in [3.05, 3.63) is 48.6 Å². The van der Waals surface area contributed by atoms with E-state index in [-0.39, 0.29) is 24.7 Å². The molecular weight excluding hydrogens is 639 g/mol. The van der Waals surface area contributed by atoms with Gasteiger partial charge in [-0.05, 0) is 57.4 Å². The molecule has 0 aromatic rings. The molecule has 0 aliphatic rings. The highest BCUT2D eigenvalue weighted by Gasteiger charge is 2.23. The Kier molecular flexibility index (Phi) is 29.7. The number of phosphoric acid groups is 1. The highest BCUT2D eigenvalue weighted by atomic mass is 31.2. The molecule has 49 heavy (non-hydrogen) atoms. The number of hydrogen-bond acceptors (Lipinski definition) is 7. The molecule has 0 heterocycles. The molecule has 2 N–H and O–H groups in total. The summed E-state index contributed by atoms with van der Waals surface area (Å²) in [6, 6.07) is -0.947. The summed E-state index contributed by atoms with van der Waals surface area (Å²) in [5.41, 5.74) is 0. The van der Waals surface area contributed by atoms with Gasteiger partial charge in [-0.1, -0.05) is 114 Å². The number of carbonyl (C=O) groups is 2. The SMILES string of the molecule is CCCCC/C=C\C=C\C(=O)CCCCCCCC(=O)N[C@@H](COP(=O)([O-])OCC[N+](C)(C)C)[C@H](O)/C=C/CC/C=C\CCCCCCC. The largest absolute Gasteiger partial charge is 0.756 e. The average Bonchev–Trinajstić information content (AvgIpc) is 3.03. The minimum atomic E-state index is -4.62. The smallest absolute Gasteiger partial charge is 0.268 e. The Morgan fingerprint density at radius 3 is 2.04 bits per heavy atom. The maximum Gasteiger partial charge on any atom is 0.268 e. The number of unbranched alkanes of at least 4 members (excludes halogenated alkanes) is 13. The van der Waals surface area contributed by atoms with E-state index in [2.05, 4.69) is 37.4 Å². The van der Waals surface area contributed by atoms with E-state index in [4.69, 9.17) is 9.05 Å². The van der Waals surface area contributed by atoms with Crippen LogP contribution in [0.25, 0.3) is 0 Å². The summed E-state index contributed by atoms with van der Waals surface area (Å²) in [6.07, 6.45) is 32.6. The number of phosphoric ester groups is 1. The first-order valence-corrected chi connectivity index (χ1v) is 20.4. The van der Waals surface area contributed by atoms with Crippen molar-refractivity contribution in [3.8, 4) is 0 Å². The monoisotopic (exact) mass is 710 g/mol. The first-order valence-electron chi connectivity index (χ1n) is 19.0. The van der Waals surface area contributed by atoms with Gasteiger partial charge in [-0.3, -0.25) is 14.2 Å². The summed E-state index contributed by atoms with van der Waals surface area (Å²) in [7, 11) is 1.16. The number of amides is 1. The van der Waals surface area contributed by atoms with Crippen molar-refractivity contribution < 1.29 is 37.7 Å². The average molecular weight is 711 g/mol. The van der Waals surface area contributed by atoms with Gasteiger partial charge in [0.15, 0.2) is 5.78 Å². The molecule has 284 valence electrons. The van der Waals surface area contributed by atoms with Crippen LogP contribution in [0.5, 0.6) is 0 Å². The lowest BCUT2D eigenvalue weighted by molar-refractivity contribution is -0.870. The fraction of sp³-hybridized carbons (Fsp3) is 0.744. The molecule has 0 bridgehead atoms. The van der Waals surface area contributed by atoms with Crippen molar-refractivity contribution in [2.45, 2.75) is 148 Å². The van der Waals surface area contributed by atoms with E-state index in [1.165, 1.54) is 51.4 Å². The van der Waals surface area contributed by atoms with E-state index < -0.39 is 26.6 Å². The Morgan fingerprint density at radius 1 is 0.755 bits per heavy atom. The van der Waals surface area contributed by atoms with Crippen LogP contribution in [0.2, 0.25) is 0 Å². The van der Waals surface area contributed by atoms with Crippen molar-refractivity contribution in [2.75, 3.05) is 40.9 Å². The molecular formula is C39H71N2O7P. The lowest BCUT2D eigenvalue weighted by Gasteiger charge is -2.29. The van der Waals surface area contributed by atoms with Gasteiger partial charge >= 0.3 is 0 Å². The van der Waals surface area contributed by atoms with Crippen LogP contribution in [0.3, 0.4) is 0 Å². The maximum atomic E-state index is 12.8. The van der Waals surface area contributed by atoms with E-state index >= 15 is 0 Å². The minimum absolute atomic E-state index is 0.0303. The highest BCUT2D eigenvalue weighted by Crippen LogP contribution is 2.38. The predicted octanol–water partition coefficient (Wildman–Crippen LogP) is 8.29. The lowest BCUT2D eigenvalue weighted by Crippen LogP contribution is -2.45. The molecule has 1 unspecified atom stereocenters. The molecule has 1 amide bonds. The fourth-order valence-corrected chi connectivity index (χ4v) is 5.57. The summed E-state index contributed by atoms with van der Waals surface area (Å²) < 4.78 is 23.0. The molecule has 0 aromatic heterocycles. The minimum Gasteiger partial charge on any atom is -0.756 e. The van der Waals surface area contributed by atoms with E-state index in [1.54, 1.807) is 12.2 Å². The summed E-state index contributed by atoms with van der Waals surface area (Å²) in [5.74, 6) is -0.151. The zero-order valence-electron chi connectivity index (χ0n) is 31.6. The molecule has 0 fully saturated rings. The Balaban J connectivity index is 4.68. The summed E-state index contributed by atoms with van der Waals surface area (Å²) in [4.78, 5) is 37.2. The molecule has 0 aromatic carbocycles. The van der Waals surface area contributed by atoms with Crippen molar-refractivity contribution in [1.82, 2.24) is 5.32 Å². The van der Waals surface area contributed by atoms with Gasteiger partial charge in [0, 0.05) is 12.8 Å². The van der Waals surface area contributed by atoms with Gasteiger partial charge in [-0.25, -0.2) is 0 Å². The Hall–Kier alpha value is -1.87. The second-order valence-corrected chi connectivity index (χ2v) is 15.4. The van der Waals surface area contributed by atoms with Gasteiger partial charge in [0.25, 0.3) is 7.82 Å². The molecule has 0 spiro atoms. The van der Waals surface area contributed by atoms with Crippen LogP contribution >= 0.6 is 7.82 Å². The van der Waals surface area contributed by atoms with Gasteiger partial charge in [-0.15, -0.1) is 0 Å². The first kappa shape index (κ1) is 47.1. The first-order chi connectivity index (χ1) is 23.4. The standard InChI is InChI=1S/C39H71N2O7P/c1-6-8-10-12-14-15-16-17-19-23-27-31-38(43)37(35-48-49(45,46)47-34-33-41(3,4)5)40-39(44)32-28-24-20-22-26-30-36(42)29-25-21-18-13-11-9-7-2/h16-18,21,25,27,29,31,37-38,43H,6-15,19-20,22-24,26,28,30,32-35H2,1-5H3,(H-,40,44,45,46)/b17-16-,21-18-,29-25+,31-27+/t37-,38+/m0/s1. The maximum absolute atomic E-state index is 12.8. The van der Waals surface area contributed by atoms with Crippen molar-refractivity contribution >= 4 is 19.5 Å². The van der Waals surface area contributed by atoms with Crippen LogP contribution in [0.15, 0.2) is 48.6 Å². The topological polar surface area (TPSA) is 125 Å². The third-order valence-electron chi connectivity index (χ3n) is 7.99. The molecule has 0 radical (unpaired) electrons. The molecule has 3 atom stereocenters. The third kappa shape index (κ3) is 33.1. The summed E-state index contributed by atoms with van der Waals surface area (Å²) >= 11 is 0. The number of carbonyl (C=O) groups excluding carboxylic acids is 2. The number of rotatable bonds is 33. The quantitative estimate of drug-likeness (QED) is 0.0175. The highest BCUT2D eigenvalue weighted by molar-refractivity contribution is 7.45. The van der Waals surface area contributed by atoms with Gasteiger partial charge in [-0.2, -0.15) is 0 Å². The number of nitrogens with zero attached hydrogens (tertiary/aromatic N) is 1. The lowest BCUT2D eigenvalue weighted by atomic mass is 10.1. The van der Waals surface area contributed by atoms with Gasteiger partial charge in [0.1, 0.15) is 13.2 Å². The van der Waals surface area contributed by atoms with Crippen LogP contribution in [-0.4, -0.2) is 74.3 Å². The van der Waals surface area contributed by atoms with Crippen molar-refractivity contribution in [2.24, 2.45) is 0 Å². The number of quaternary nitrogens is 1. The number of ketones is 1. The Bertz CT molecular complexity index is 1000. The normalized spacial score (nSPS) is 15.1. The van der Waals surface area contributed by atoms with E-state index in [0.717, 1.165) is 51.4 Å². The van der Waals surface area contributed by atoms with Crippen LogP contribution in [0, 0.1) is 0 Å². The van der Waals surface area contributed by atoms with Crippen LogP contribution in [-0.2, 0) is 23.2 Å². The van der Waals surface area contributed by atoms with E-state index in [1.807, 2.05) is 39.4 Å². The van der Waals surface area contributed by atoms with Gasteiger partial charge < -0.3 is 28.8 Å². The zero-order valence-corrected chi connectivity index (χ0v) is 32.5. The number of likely N-dealkylation sites (N-methyl/N-ethyl adjacent to an activating group) is 1. The second-order valence-electron chi connectivity index (χ2n) is 14.0. The number of nitrogens with one attached hydrogen (secondary N) is 1. The predicted molar refractivity (Wildman–Crippen MR) is 201 cm³/mol. The van der Waals surface area contributed by atoms with Crippen molar-refractivity contribution in [3.63, 3.8) is 0 Å². The van der Waals surface area contributed by atoms with E-state index in [9.17, 15) is 24.2 Å². The van der Waals surface area contributed by atoms with Crippen LogP contribution < -0.4 is 10.2 Å². The van der Waals surface area contributed by atoms with Gasteiger partial charge in [0.2, 0.25) is 5.91 Å². The fourth-order valence-electron chi connectivity index (χ4n) is 4.85. The molecule has 0 aliphatic carbocycles. The molecule has 9 nitrogen and oxygen atoms in total. The molecule has 0 aliphatic heterocycles. The molecule has 10 heteroatoms. The van der Waals surface area contributed by atoms with Crippen LogP contribution in [0.4, 0.5) is 0 Å². The number of hydrogen-bond donors (Lipinski definition) is 2. The third-order valence-corrected chi connectivity index (χ3v) is 8.95. The molecule has 0 rings (SSSR count). The van der Waals surface area contributed by atoms with E-state index in [0.29, 0.717) is 23.9 Å².